The van der Waals surface area contributed by atoms with Gasteiger partial charge in [0.1, 0.15) is 0 Å². The van der Waals surface area contributed by atoms with Gasteiger partial charge in [-0.15, -0.1) is 0 Å². The number of hydrogen-bond donors (Lipinski definition) is 1. The predicted octanol–water partition coefficient (Wildman–Crippen LogP) is 2.95. The monoisotopic (exact) mass is 169 g/mol. The fourth-order valence-corrected chi connectivity index (χ4v) is 1.82. The average Bonchev–Trinajstić information content (AvgIpc) is 2.32. The fraction of sp³-hybridized carbons (Fsp3) is 1.00. The minimum Gasteiger partial charge on any atom is -0.312 e. The first kappa shape index (κ1) is 10.0. The summed E-state index contributed by atoms with van der Waals surface area (Å²) in [6.07, 6.45) is 5.39. The number of nitrogens with one attached hydrogen (secondary N) is 1. The van der Waals surface area contributed by atoms with Gasteiger partial charge in [0.2, 0.25) is 0 Å². The van der Waals surface area contributed by atoms with E-state index in [4.69, 9.17) is 0 Å². The first-order valence-electron chi connectivity index (χ1n) is 5.16. The molecule has 12 heavy (non-hydrogen) atoms. The molecule has 1 aliphatic heterocycles. The van der Waals surface area contributed by atoms with Crippen molar-refractivity contribution in [3.05, 3.63) is 0 Å². The fourth-order valence-electron chi connectivity index (χ4n) is 1.82. The Morgan fingerprint density at radius 2 is 2.00 bits per heavy atom. The van der Waals surface area contributed by atoms with Crippen molar-refractivity contribution in [3.63, 3.8) is 0 Å². The molecule has 0 aliphatic carbocycles. The van der Waals surface area contributed by atoms with Crippen LogP contribution in [0.1, 0.15) is 53.4 Å². The van der Waals surface area contributed by atoms with Crippen LogP contribution in [0.4, 0.5) is 0 Å². The van der Waals surface area contributed by atoms with E-state index in [1.807, 2.05) is 0 Å². The maximum absolute atomic E-state index is 3.61. The Labute approximate surface area is 76.9 Å². The highest BCUT2D eigenvalue weighted by Gasteiger charge is 2.28. The SMILES string of the molecule is CC(C)(C)CCC1(C)CCCN1. The van der Waals surface area contributed by atoms with E-state index >= 15 is 0 Å². The van der Waals surface area contributed by atoms with Crippen LogP contribution in [-0.2, 0) is 0 Å². The summed E-state index contributed by atoms with van der Waals surface area (Å²) < 4.78 is 0. The molecule has 1 rings (SSSR count). The van der Waals surface area contributed by atoms with Crippen molar-refractivity contribution < 1.29 is 0 Å². The summed E-state index contributed by atoms with van der Waals surface area (Å²) in [5.74, 6) is 0. The van der Waals surface area contributed by atoms with Gasteiger partial charge in [0, 0.05) is 5.54 Å². The zero-order valence-electron chi connectivity index (χ0n) is 9.04. The van der Waals surface area contributed by atoms with Crippen LogP contribution in [0.5, 0.6) is 0 Å². The molecule has 0 saturated carbocycles. The molecule has 1 heterocycles. The Balaban J connectivity index is 2.30. The topological polar surface area (TPSA) is 12.0 Å². The van der Waals surface area contributed by atoms with Gasteiger partial charge in [-0.05, 0) is 44.6 Å². The molecule has 1 saturated heterocycles. The normalized spacial score (nSPS) is 31.0. The Morgan fingerprint density at radius 1 is 1.33 bits per heavy atom. The summed E-state index contributed by atoms with van der Waals surface area (Å²) in [5, 5.41) is 3.61. The molecule has 1 fully saturated rings. The Morgan fingerprint density at radius 3 is 2.42 bits per heavy atom. The minimum atomic E-state index is 0.452. The lowest BCUT2D eigenvalue weighted by Gasteiger charge is -2.28. The lowest BCUT2D eigenvalue weighted by Crippen LogP contribution is -2.36. The molecule has 0 radical (unpaired) electrons. The highest BCUT2D eigenvalue weighted by Crippen LogP contribution is 2.30. The molecule has 0 aromatic heterocycles. The molecule has 1 heteroatoms. The molecular formula is C11H23N. The average molecular weight is 169 g/mol. The van der Waals surface area contributed by atoms with E-state index in [-0.39, 0.29) is 0 Å². The van der Waals surface area contributed by atoms with Crippen molar-refractivity contribution in [2.45, 2.75) is 58.9 Å². The van der Waals surface area contributed by atoms with E-state index in [0.29, 0.717) is 11.0 Å². The number of rotatable bonds is 2. The first-order valence-corrected chi connectivity index (χ1v) is 5.16. The second kappa shape index (κ2) is 3.37. The third kappa shape index (κ3) is 3.14. The molecule has 1 atom stereocenters. The molecule has 72 valence electrons. The van der Waals surface area contributed by atoms with Gasteiger partial charge < -0.3 is 5.32 Å². The van der Waals surface area contributed by atoms with Crippen LogP contribution in [0.3, 0.4) is 0 Å². The van der Waals surface area contributed by atoms with Crippen molar-refractivity contribution in [2.75, 3.05) is 6.54 Å². The maximum Gasteiger partial charge on any atom is 0.0154 e. The molecule has 1 N–H and O–H groups in total. The Kier molecular flexibility index (Phi) is 2.82. The van der Waals surface area contributed by atoms with Crippen LogP contribution in [0.15, 0.2) is 0 Å². The molecule has 0 aromatic carbocycles. The largest absolute Gasteiger partial charge is 0.312 e. The summed E-state index contributed by atoms with van der Waals surface area (Å²) in [6, 6.07) is 0. The van der Waals surface area contributed by atoms with Crippen molar-refractivity contribution in [1.29, 1.82) is 0 Å². The van der Waals surface area contributed by atoms with Crippen LogP contribution in [-0.4, -0.2) is 12.1 Å². The summed E-state index contributed by atoms with van der Waals surface area (Å²) in [5.41, 5.74) is 0.945. The molecule has 1 unspecified atom stereocenters. The Bertz CT molecular complexity index is 138. The van der Waals surface area contributed by atoms with Crippen LogP contribution in [0.2, 0.25) is 0 Å². The quantitative estimate of drug-likeness (QED) is 0.670. The van der Waals surface area contributed by atoms with E-state index in [0.717, 1.165) is 0 Å². The standard InChI is InChI=1S/C11H23N/c1-10(2,3)7-8-11(4)6-5-9-12-11/h12H,5-9H2,1-4H3. The lowest BCUT2D eigenvalue weighted by molar-refractivity contribution is 0.285. The molecule has 0 spiro atoms. The van der Waals surface area contributed by atoms with Gasteiger partial charge in [-0.25, -0.2) is 0 Å². The first-order chi connectivity index (χ1) is 5.41. The van der Waals surface area contributed by atoms with E-state index in [1.165, 1.54) is 32.2 Å². The van der Waals surface area contributed by atoms with Gasteiger partial charge in [0.05, 0.1) is 0 Å². The van der Waals surface area contributed by atoms with Gasteiger partial charge in [-0.1, -0.05) is 20.8 Å². The zero-order valence-corrected chi connectivity index (χ0v) is 9.04. The number of hydrogen-bond acceptors (Lipinski definition) is 1. The summed E-state index contributed by atoms with van der Waals surface area (Å²) in [7, 11) is 0. The molecule has 0 amide bonds. The Hall–Kier alpha value is -0.0400. The van der Waals surface area contributed by atoms with E-state index < -0.39 is 0 Å². The van der Waals surface area contributed by atoms with Crippen LogP contribution in [0.25, 0.3) is 0 Å². The summed E-state index contributed by atoms with van der Waals surface area (Å²) in [4.78, 5) is 0. The third-order valence-electron chi connectivity index (χ3n) is 2.88. The highest BCUT2D eigenvalue weighted by molar-refractivity contribution is 4.89. The summed E-state index contributed by atoms with van der Waals surface area (Å²) in [6.45, 7) is 10.6. The van der Waals surface area contributed by atoms with Crippen molar-refractivity contribution >= 4 is 0 Å². The smallest absolute Gasteiger partial charge is 0.0154 e. The lowest BCUT2D eigenvalue weighted by atomic mass is 9.83. The molecule has 1 nitrogen and oxygen atoms in total. The molecule has 1 aliphatic rings. The van der Waals surface area contributed by atoms with Crippen LogP contribution < -0.4 is 5.32 Å². The van der Waals surface area contributed by atoms with Gasteiger partial charge >= 0.3 is 0 Å². The third-order valence-corrected chi connectivity index (χ3v) is 2.88. The van der Waals surface area contributed by atoms with Gasteiger partial charge in [0.25, 0.3) is 0 Å². The van der Waals surface area contributed by atoms with E-state index in [1.54, 1.807) is 0 Å². The van der Waals surface area contributed by atoms with Crippen LogP contribution in [0, 0.1) is 5.41 Å². The van der Waals surface area contributed by atoms with Gasteiger partial charge in [-0.3, -0.25) is 0 Å². The summed E-state index contributed by atoms with van der Waals surface area (Å²) >= 11 is 0. The van der Waals surface area contributed by atoms with Crippen molar-refractivity contribution in [1.82, 2.24) is 5.32 Å². The predicted molar refractivity (Wildman–Crippen MR) is 54.3 cm³/mol. The highest BCUT2D eigenvalue weighted by atomic mass is 15.0. The molecule has 0 aromatic rings. The maximum atomic E-state index is 3.61. The van der Waals surface area contributed by atoms with E-state index in [2.05, 4.69) is 33.0 Å². The zero-order chi connectivity index (χ0) is 9.24. The second-order valence-electron chi connectivity index (χ2n) is 5.65. The molecule has 0 bridgehead atoms. The second-order valence-corrected chi connectivity index (χ2v) is 5.65. The molecular weight excluding hydrogens is 146 g/mol. The van der Waals surface area contributed by atoms with Gasteiger partial charge in [0.15, 0.2) is 0 Å². The van der Waals surface area contributed by atoms with Crippen LogP contribution >= 0.6 is 0 Å². The van der Waals surface area contributed by atoms with Crippen molar-refractivity contribution in [2.24, 2.45) is 5.41 Å². The van der Waals surface area contributed by atoms with Gasteiger partial charge in [-0.2, -0.15) is 0 Å². The van der Waals surface area contributed by atoms with E-state index in [9.17, 15) is 0 Å². The van der Waals surface area contributed by atoms with Crippen molar-refractivity contribution in [3.8, 4) is 0 Å². The minimum absolute atomic E-state index is 0.452.